The molecule has 3 aromatic carbocycles. The number of carbonyl (C=O) groups is 4. The van der Waals surface area contributed by atoms with E-state index in [1.54, 1.807) is 36.4 Å². The largest absolute Gasteiger partial charge is 0.308 e. The van der Waals surface area contributed by atoms with Crippen LogP contribution in [-0.2, 0) is 4.79 Å². The van der Waals surface area contributed by atoms with E-state index in [0.29, 0.717) is 11.4 Å². The van der Waals surface area contributed by atoms with Crippen molar-refractivity contribution >= 4 is 40.8 Å². The molecule has 0 saturated carbocycles. The SMILES string of the molecule is Cc1cccc(N2C(=O)c3ccc(C(=O)NC4=NN(c5ccccc5)C(=O)C4)cc3C2=O)c1C. The molecule has 5 rings (SSSR count). The lowest BCUT2D eigenvalue weighted by Crippen LogP contribution is -2.30. The van der Waals surface area contributed by atoms with Gasteiger partial charge in [0.15, 0.2) is 0 Å². The highest BCUT2D eigenvalue weighted by Crippen LogP contribution is 2.32. The van der Waals surface area contributed by atoms with Gasteiger partial charge in [-0.2, -0.15) is 10.1 Å². The quantitative estimate of drug-likeness (QED) is 0.614. The van der Waals surface area contributed by atoms with Gasteiger partial charge in [0.05, 0.1) is 28.9 Å². The second kappa shape index (κ2) is 8.08. The highest BCUT2D eigenvalue weighted by atomic mass is 16.2. The number of imide groups is 1. The molecule has 0 aliphatic carbocycles. The lowest BCUT2D eigenvalue weighted by atomic mass is 10.1. The molecule has 0 spiro atoms. The topological polar surface area (TPSA) is 99.2 Å². The van der Waals surface area contributed by atoms with E-state index in [1.165, 1.54) is 23.2 Å². The van der Waals surface area contributed by atoms with E-state index in [2.05, 4.69) is 10.4 Å². The van der Waals surface area contributed by atoms with E-state index in [9.17, 15) is 19.2 Å². The lowest BCUT2D eigenvalue weighted by Gasteiger charge is -2.17. The third-order valence-corrected chi connectivity index (χ3v) is 6.00. The molecule has 0 radical (unpaired) electrons. The van der Waals surface area contributed by atoms with Gasteiger partial charge in [0.2, 0.25) is 0 Å². The van der Waals surface area contributed by atoms with Gasteiger partial charge in [0, 0.05) is 5.56 Å². The molecular formula is C26H20N4O4. The molecule has 3 aromatic rings. The first-order chi connectivity index (χ1) is 16.3. The summed E-state index contributed by atoms with van der Waals surface area (Å²) in [4.78, 5) is 52.4. The average Bonchev–Trinajstić information content (AvgIpc) is 3.32. The second-order valence-electron chi connectivity index (χ2n) is 8.14. The van der Waals surface area contributed by atoms with Crippen molar-refractivity contribution in [1.29, 1.82) is 0 Å². The number of amides is 4. The van der Waals surface area contributed by atoms with Crippen molar-refractivity contribution in [3.05, 3.63) is 94.5 Å². The summed E-state index contributed by atoms with van der Waals surface area (Å²) < 4.78 is 0. The number of nitrogens with one attached hydrogen (secondary N) is 1. The molecule has 0 bridgehead atoms. The number of anilines is 2. The molecule has 0 atom stereocenters. The van der Waals surface area contributed by atoms with Crippen LogP contribution in [0.4, 0.5) is 11.4 Å². The first-order valence-electron chi connectivity index (χ1n) is 10.7. The number of fused-ring (bicyclic) bond motifs is 1. The number of hydrazone groups is 1. The Morgan fingerprint density at radius 3 is 2.38 bits per heavy atom. The van der Waals surface area contributed by atoms with Gasteiger partial charge >= 0.3 is 0 Å². The molecule has 4 amide bonds. The maximum atomic E-state index is 13.1. The van der Waals surface area contributed by atoms with Crippen LogP contribution in [0.2, 0.25) is 0 Å². The molecule has 0 fully saturated rings. The molecule has 34 heavy (non-hydrogen) atoms. The summed E-state index contributed by atoms with van der Waals surface area (Å²) in [6.07, 6.45) is -0.0522. The van der Waals surface area contributed by atoms with Gasteiger partial charge in [-0.3, -0.25) is 19.2 Å². The number of benzene rings is 3. The van der Waals surface area contributed by atoms with Crippen molar-refractivity contribution in [3.8, 4) is 0 Å². The van der Waals surface area contributed by atoms with Gasteiger partial charge < -0.3 is 5.32 Å². The highest BCUT2D eigenvalue weighted by Gasteiger charge is 2.38. The lowest BCUT2D eigenvalue weighted by molar-refractivity contribution is -0.116. The van der Waals surface area contributed by atoms with Crippen LogP contribution in [-0.4, -0.2) is 29.5 Å². The van der Waals surface area contributed by atoms with E-state index in [0.717, 1.165) is 16.0 Å². The van der Waals surface area contributed by atoms with Crippen molar-refractivity contribution in [3.63, 3.8) is 0 Å². The fourth-order valence-corrected chi connectivity index (χ4v) is 4.05. The van der Waals surface area contributed by atoms with Crippen molar-refractivity contribution in [1.82, 2.24) is 5.32 Å². The molecule has 0 saturated heterocycles. The Morgan fingerprint density at radius 1 is 0.882 bits per heavy atom. The van der Waals surface area contributed by atoms with Crippen molar-refractivity contribution < 1.29 is 19.2 Å². The molecule has 0 aromatic heterocycles. The predicted octanol–water partition coefficient (Wildman–Crippen LogP) is 3.58. The summed E-state index contributed by atoms with van der Waals surface area (Å²) in [5, 5.41) is 8.09. The Kier molecular flexibility index (Phi) is 5.05. The summed E-state index contributed by atoms with van der Waals surface area (Å²) in [7, 11) is 0. The molecule has 8 nitrogen and oxygen atoms in total. The minimum absolute atomic E-state index is 0.0522. The summed E-state index contributed by atoms with van der Waals surface area (Å²) in [6.45, 7) is 3.77. The highest BCUT2D eigenvalue weighted by molar-refractivity contribution is 6.35. The van der Waals surface area contributed by atoms with E-state index >= 15 is 0 Å². The Hall–Kier alpha value is -4.59. The van der Waals surface area contributed by atoms with Gasteiger partial charge in [-0.05, 0) is 61.4 Å². The number of hydrogen-bond donors (Lipinski definition) is 1. The number of aryl methyl sites for hydroxylation is 1. The molecule has 1 N–H and O–H groups in total. The zero-order valence-electron chi connectivity index (χ0n) is 18.5. The van der Waals surface area contributed by atoms with Crippen LogP contribution in [0.15, 0.2) is 71.8 Å². The Balaban J connectivity index is 1.39. The molecule has 2 aliphatic rings. The molecule has 2 aliphatic heterocycles. The number of carbonyl (C=O) groups excluding carboxylic acids is 4. The van der Waals surface area contributed by atoms with Crippen molar-refractivity contribution in [2.75, 3.05) is 9.91 Å². The first-order valence-corrected chi connectivity index (χ1v) is 10.7. The van der Waals surface area contributed by atoms with Crippen molar-refractivity contribution in [2.24, 2.45) is 5.10 Å². The number of nitrogens with zero attached hydrogens (tertiary/aromatic N) is 3. The first kappa shape index (κ1) is 21.3. The molecule has 0 unspecified atom stereocenters. The monoisotopic (exact) mass is 452 g/mol. The maximum absolute atomic E-state index is 13.1. The van der Waals surface area contributed by atoms with Gasteiger partial charge in [-0.25, -0.2) is 4.90 Å². The molecule has 2 heterocycles. The normalized spacial score (nSPS) is 15.0. The standard InChI is InChI=1S/C26H20N4O4/c1-15-7-6-10-21(16(15)2)29-25(33)19-12-11-17(13-20(19)26(29)34)24(32)27-22-14-23(31)30(28-22)18-8-4-3-5-9-18/h3-13H,14H2,1-2H3,(H,27,28,32). The zero-order valence-corrected chi connectivity index (χ0v) is 18.5. The van der Waals surface area contributed by atoms with E-state index in [1.807, 2.05) is 26.0 Å². The third kappa shape index (κ3) is 3.45. The smallest absolute Gasteiger partial charge is 0.266 e. The number of para-hydroxylation sites is 1. The summed E-state index contributed by atoms with van der Waals surface area (Å²) in [5.74, 6) is -1.48. The molecular weight excluding hydrogens is 432 g/mol. The summed E-state index contributed by atoms with van der Waals surface area (Å²) in [6, 6.07) is 18.7. The maximum Gasteiger partial charge on any atom is 0.266 e. The fourth-order valence-electron chi connectivity index (χ4n) is 4.05. The number of rotatable bonds is 3. The Morgan fingerprint density at radius 2 is 1.62 bits per heavy atom. The van der Waals surface area contributed by atoms with Crippen LogP contribution in [0.25, 0.3) is 0 Å². The van der Waals surface area contributed by atoms with E-state index in [-0.39, 0.29) is 34.9 Å². The minimum atomic E-state index is -0.519. The van der Waals surface area contributed by atoms with E-state index < -0.39 is 17.7 Å². The van der Waals surface area contributed by atoms with Crippen LogP contribution in [0.5, 0.6) is 0 Å². The average molecular weight is 452 g/mol. The van der Waals surface area contributed by atoms with Gasteiger partial charge in [0.25, 0.3) is 23.6 Å². The van der Waals surface area contributed by atoms with E-state index in [4.69, 9.17) is 0 Å². The van der Waals surface area contributed by atoms with Gasteiger partial charge in [-0.1, -0.05) is 30.3 Å². The molecule has 168 valence electrons. The summed E-state index contributed by atoms with van der Waals surface area (Å²) in [5.41, 5.74) is 3.52. The van der Waals surface area contributed by atoms with Crippen LogP contribution in [0.3, 0.4) is 0 Å². The third-order valence-electron chi connectivity index (χ3n) is 6.00. The Labute approximate surface area is 195 Å². The predicted molar refractivity (Wildman–Crippen MR) is 127 cm³/mol. The van der Waals surface area contributed by atoms with Crippen molar-refractivity contribution in [2.45, 2.75) is 20.3 Å². The molecule has 8 heteroatoms. The van der Waals surface area contributed by atoms with Crippen LogP contribution < -0.4 is 15.2 Å². The second-order valence-corrected chi connectivity index (χ2v) is 8.14. The van der Waals surface area contributed by atoms with Crippen LogP contribution >= 0.6 is 0 Å². The zero-order chi connectivity index (χ0) is 24.0. The fraction of sp³-hybridized carbons (Fsp3) is 0.115. The Bertz CT molecular complexity index is 1410. The van der Waals surface area contributed by atoms with Gasteiger partial charge in [0.1, 0.15) is 5.84 Å². The number of amidine groups is 1. The van der Waals surface area contributed by atoms with Crippen LogP contribution in [0, 0.1) is 13.8 Å². The van der Waals surface area contributed by atoms with Gasteiger partial charge in [-0.15, -0.1) is 0 Å². The minimum Gasteiger partial charge on any atom is -0.308 e. The summed E-state index contributed by atoms with van der Waals surface area (Å²) >= 11 is 0. The van der Waals surface area contributed by atoms with Crippen LogP contribution in [0.1, 0.15) is 48.6 Å². The number of hydrogen-bond acceptors (Lipinski definition) is 5.